The van der Waals surface area contributed by atoms with E-state index >= 15 is 4.39 Å². The van der Waals surface area contributed by atoms with Gasteiger partial charge in [0.15, 0.2) is 5.83 Å². The highest BCUT2D eigenvalue weighted by Gasteiger charge is 2.48. The largest absolute Gasteiger partial charge is 0.508 e. The molecule has 8 aliphatic rings. The van der Waals surface area contributed by atoms with Gasteiger partial charge in [-0.2, -0.15) is 9.97 Å². The normalized spacial score (nSPS) is 25.1. The number of carbonyl (C=O) groups is 3. The van der Waals surface area contributed by atoms with Crippen LogP contribution in [-0.2, 0) is 22.6 Å². The van der Waals surface area contributed by atoms with Gasteiger partial charge in [-0.25, -0.2) is 4.39 Å². The Morgan fingerprint density at radius 1 is 0.931 bits per heavy atom. The zero-order chi connectivity index (χ0) is 49.4. The molecule has 0 radical (unpaired) electrons. The molecular formula is C55H66FN11O5. The number of likely N-dealkylation sites (tertiary alicyclic amines) is 2. The monoisotopic (exact) mass is 980 g/mol. The van der Waals surface area contributed by atoms with Crippen LogP contribution in [0, 0.1) is 18.3 Å². The van der Waals surface area contributed by atoms with Crippen LogP contribution < -0.4 is 25.2 Å². The number of hydrogen-bond donors (Lipinski definition) is 3. The van der Waals surface area contributed by atoms with Gasteiger partial charge in [0.2, 0.25) is 11.8 Å². The number of rotatable bonds is 15. The van der Waals surface area contributed by atoms with E-state index in [2.05, 4.69) is 59.8 Å². The Bertz CT molecular complexity index is 2860. The third kappa shape index (κ3) is 8.89. The number of benzene rings is 3. The van der Waals surface area contributed by atoms with Crippen LogP contribution in [0.25, 0.3) is 22.3 Å². The number of hydrogen-bond acceptors (Lipinski definition) is 14. The Balaban J connectivity index is 0.644. The molecule has 17 heteroatoms. The number of imide groups is 1. The van der Waals surface area contributed by atoms with E-state index in [0.29, 0.717) is 66.1 Å². The number of phenolic OH excluding ortho intramolecular Hbond substituents is 1. The van der Waals surface area contributed by atoms with Crippen LogP contribution in [0.4, 0.5) is 15.9 Å². The number of amides is 3. The van der Waals surface area contributed by atoms with Gasteiger partial charge < -0.3 is 34.8 Å². The number of aromatic nitrogens is 2. The number of carbonyl (C=O) groups excluding carboxylic acids is 3. The van der Waals surface area contributed by atoms with Crippen LogP contribution in [0.3, 0.4) is 0 Å². The van der Waals surface area contributed by atoms with E-state index < -0.39 is 11.9 Å². The molecule has 2 unspecified atom stereocenters. The van der Waals surface area contributed by atoms with Gasteiger partial charge in [-0.15, -0.1) is 0 Å². The summed E-state index contributed by atoms with van der Waals surface area (Å²) in [4.78, 5) is 65.6. The summed E-state index contributed by atoms with van der Waals surface area (Å²) in [5.74, 6) is -0.0510. The van der Waals surface area contributed by atoms with Crippen LogP contribution in [0.2, 0.25) is 0 Å². The molecule has 0 spiro atoms. The second kappa shape index (κ2) is 18.8. The molecule has 12 rings (SSSR count). The number of aliphatic imine (C=N–C) groups is 1. The fourth-order valence-electron chi connectivity index (χ4n) is 12.9. The molecule has 8 heterocycles. The van der Waals surface area contributed by atoms with Crippen molar-refractivity contribution < 1.29 is 28.6 Å². The molecule has 7 aliphatic heterocycles. The molecule has 1 aliphatic carbocycles. The minimum Gasteiger partial charge on any atom is -0.508 e. The van der Waals surface area contributed by atoms with Crippen LogP contribution in [-0.4, -0.2) is 168 Å². The average molecular weight is 980 g/mol. The van der Waals surface area contributed by atoms with E-state index in [4.69, 9.17) is 14.7 Å². The molecule has 1 saturated carbocycles. The van der Waals surface area contributed by atoms with Crippen LogP contribution in [0.15, 0.2) is 53.5 Å². The van der Waals surface area contributed by atoms with Crippen molar-refractivity contribution in [3.8, 4) is 11.8 Å². The molecule has 6 saturated heterocycles. The Hall–Kier alpha value is -6.01. The first kappa shape index (κ1) is 47.0. The number of piperidine rings is 1. The minimum atomic E-state index is -0.620. The summed E-state index contributed by atoms with van der Waals surface area (Å²) in [6, 6.07) is 16.1. The van der Waals surface area contributed by atoms with Crippen molar-refractivity contribution in [1.82, 2.24) is 40.2 Å². The fourth-order valence-corrected chi connectivity index (χ4v) is 12.9. The maximum atomic E-state index is 17.4. The summed E-state index contributed by atoms with van der Waals surface area (Å²) in [6.45, 7) is 20.5. The zero-order valence-corrected chi connectivity index (χ0v) is 41.5. The number of nitrogens with one attached hydrogen (secondary N) is 2. The number of phenols is 1. The topological polar surface area (TPSA) is 162 Å². The molecule has 1 aromatic heterocycles. The number of piperazine rings is 2. The van der Waals surface area contributed by atoms with Crippen molar-refractivity contribution in [2.45, 2.75) is 89.5 Å². The quantitative estimate of drug-likeness (QED) is 0.108. The summed E-state index contributed by atoms with van der Waals surface area (Å²) in [7, 11) is 0. The number of fused-ring (bicyclic) bond motifs is 4. The van der Waals surface area contributed by atoms with Crippen molar-refractivity contribution in [3.05, 3.63) is 82.0 Å². The lowest BCUT2D eigenvalue weighted by molar-refractivity contribution is -0.136. The third-order valence-electron chi connectivity index (χ3n) is 17.1. The second-order valence-electron chi connectivity index (χ2n) is 22.0. The molecule has 3 N–H and O–H groups in total. The van der Waals surface area contributed by atoms with Crippen LogP contribution >= 0.6 is 0 Å². The van der Waals surface area contributed by atoms with Gasteiger partial charge in [-0.1, -0.05) is 25.1 Å². The lowest BCUT2D eigenvalue weighted by Crippen LogP contribution is -2.65. The predicted molar refractivity (Wildman–Crippen MR) is 275 cm³/mol. The standard InChI is InChI=1S/C55H66FN11O5/c1-4-35-6-5-7-36-21-42(68)22-44(47(35)36)50(57-3)48(56)49-33(2)51(66-27-38-8-9-39(28-66)58-38)61-54(60-49)72-32-55(14-15-55)31-63-24-34(25-63)23-62-29-41(30-62)65-18-16-64(17-19-65)40-10-11-43-37(20-40)26-67(53(43)71)45-12-13-46(69)59-52(45)70/h5-7,10-11,20-22,34,38-39,41,45,58,68H,3-4,8-9,12-19,23-32H2,1-2H3,(H,59,69,70)/b50-48+/t38?,39?,45-/m0/s1. The van der Waals surface area contributed by atoms with Gasteiger partial charge in [0.1, 0.15) is 29.0 Å². The summed E-state index contributed by atoms with van der Waals surface area (Å²) >= 11 is 0. The van der Waals surface area contributed by atoms with Gasteiger partial charge >= 0.3 is 6.01 Å². The molecule has 72 heavy (non-hydrogen) atoms. The number of aromatic hydroxyl groups is 1. The lowest BCUT2D eigenvalue weighted by atomic mass is 9.94. The van der Waals surface area contributed by atoms with Crippen molar-refractivity contribution in [3.63, 3.8) is 0 Å². The molecular weight excluding hydrogens is 914 g/mol. The maximum Gasteiger partial charge on any atom is 0.319 e. The van der Waals surface area contributed by atoms with Gasteiger partial charge in [0, 0.05) is 137 Å². The number of nitrogens with zero attached hydrogens (tertiary/aromatic N) is 9. The molecule has 3 atom stereocenters. The van der Waals surface area contributed by atoms with E-state index in [0.717, 1.165) is 138 Å². The van der Waals surface area contributed by atoms with E-state index in [1.54, 1.807) is 17.0 Å². The van der Waals surface area contributed by atoms with E-state index in [1.807, 2.05) is 37.3 Å². The predicted octanol–water partition coefficient (Wildman–Crippen LogP) is 5.00. The number of anilines is 2. The Kier molecular flexibility index (Phi) is 12.3. The van der Waals surface area contributed by atoms with E-state index in [1.165, 1.54) is 0 Å². The zero-order valence-electron chi connectivity index (χ0n) is 41.5. The van der Waals surface area contributed by atoms with Crippen molar-refractivity contribution in [1.29, 1.82) is 0 Å². The average Bonchev–Trinajstić information content (AvgIpc) is 3.94. The first-order valence-corrected chi connectivity index (χ1v) is 26.3. The van der Waals surface area contributed by atoms with Crippen LogP contribution in [0.5, 0.6) is 11.8 Å². The molecule has 3 amide bonds. The maximum absolute atomic E-state index is 17.4. The Morgan fingerprint density at radius 3 is 2.43 bits per heavy atom. The molecule has 7 fully saturated rings. The van der Waals surface area contributed by atoms with E-state index in [-0.39, 0.29) is 52.7 Å². The van der Waals surface area contributed by atoms with Crippen molar-refractivity contribution in [2.24, 2.45) is 16.3 Å². The molecule has 3 aromatic carbocycles. The highest BCUT2D eigenvalue weighted by molar-refractivity contribution is 6.06. The van der Waals surface area contributed by atoms with Crippen molar-refractivity contribution >= 4 is 58.2 Å². The lowest BCUT2D eigenvalue weighted by Gasteiger charge is -2.51. The van der Waals surface area contributed by atoms with Gasteiger partial charge in [0.25, 0.3) is 5.91 Å². The smallest absolute Gasteiger partial charge is 0.319 e. The summed E-state index contributed by atoms with van der Waals surface area (Å²) in [5, 5.41) is 18.5. The van der Waals surface area contributed by atoms with Gasteiger partial charge in [0.05, 0.1) is 6.61 Å². The molecule has 16 nitrogen and oxygen atoms in total. The van der Waals surface area contributed by atoms with E-state index in [9.17, 15) is 19.5 Å². The van der Waals surface area contributed by atoms with Crippen molar-refractivity contribution in [2.75, 3.05) is 94.9 Å². The number of aryl methyl sites for hydroxylation is 1. The number of ether oxygens (including phenoxy) is 1. The molecule has 2 bridgehead atoms. The Labute approximate surface area is 420 Å². The molecule has 4 aromatic rings. The summed E-state index contributed by atoms with van der Waals surface area (Å²) in [6.07, 6.45) is 5.69. The minimum absolute atomic E-state index is 0.0182. The SMILES string of the molecule is C=N/C(=C(/F)c1nc(OCC2(CN3CC(CN4CC(N5CCN(c6ccc7c(c6)CN([C@H]6CCC(=O)NC6=O)C7=O)CC5)C4)C3)CC2)nc(N2CC3CCC(C2)N3)c1C)c1cc(O)cc2cccc(CC)c12. The van der Waals surface area contributed by atoms with Gasteiger partial charge in [-0.05, 0) is 110 Å². The highest BCUT2D eigenvalue weighted by atomic mass is 19.1. The summed E-state index contributed by atoms with van der Waals surface area (Å²) in [5.41, 5.74) is 5.03. The first-order chi connectivity index (χ1) is 34.9. The van der Waals surface area contributed by atoms with Gasteiger partial charge in [-0.3, -0.25) is 34.5 Å². The number of halogens is 1. The summed E-state index contributed by atoms with van der Waals surface area (Å²) < 4.78 is 23.9. The Morgan fingerprint density at radius 2 is 1.71 bits per heavy atom. The highest BCUT2D eigenvalue weighted by Crippen LogP contribution is 2.48. The fraction of sp³-hybridized carbons (Fsp3) is 0.527. The third-order valence-corrected chi connectivity index (χ3v) is 17.1. The second-order valence-corrected chi connectivity index (χ2v) is 22.0. The van der Waals surface area contributed by atoms with Crippen LogP contribution in [0.1, 0.15) is 83.8 Å². The molecule has 378 valence electrons. The first-order valence-electron chi connectivity index (χ1n) is 26.3.